The SMILES string of the molecule is Nc1nc2cncc(Br)n2n1. The Morgan fingerprint density at radius 2 is 2.27 bits per heavy atom. The first-order chi connectivity index (χ1) is 5.27. The normalized spacial score (nSPS) is 10.6. The molecule has 2 heterocycles. The highest BCUT2D eigenvalue weighted by Gasteiger charge is 2.01. The molecule has 0 radical (unpaired) electrons. The Labute approximate surface area is 70.4 Å². The predicted octanol–water partition coefficient (Wildman–Crippen LogP) is 0.469. The van der Waals surface area contributed by atoms with Crippen LogP contribution in [0.15, 0.2) is 17.0 Å². The fourth-order valence-electron chi connectivity index (χ4n) is 0.802. The number of nitrogens with zero attached hydrogens (tertiary/aromatic N) is 4. The number of hydrogen-bond acceptors (Lipinski definition) is 4. The zero-order valence-electron chi connectivity index (χ0n) is 5.40. The number of nitrogens with two attached hydrogens (primary N) is 1. The van der Waals surface area contributed by atoms with Gasteiger partial charge in [-0.2, -0.15) is 4.98 Å². The average molecular weight is 214 g/mol. The van der Waals surface area contributed by atoms with Gasteiger partial charge in [-0.05, 0) is 15.9 Å². The Kier molecular flexibility index (Phi) is 1.28. The molecule has 0 bridgehead atoms. The van der Waals surface area contributed by atoms with Crippen molar-refractivity contribution >= 4 is 27.5 Å². The van der Waals surface area contributed by atoms with Gasteiger partial charge in [0.2, 0.25) is 5.95 Å². The maximum absolute atomic E-state index is 5.37. The molecule has 0 fully saturated rings. The summed E-state index contributed by atoms with van der Waals surface area (Å²) in [7, 11) is 0. The molecule has 5 nitrogen and oxygen atoms in total. The quantitative estimate of drug-likeness (QED) is 0.691. The van der Waals surface area contributed by atoms with E-state index < -0.39 is 0 Å². The minimum atomic E-state index is 0.249. The van der Waals surface area contributed by atoms with Gasteiger partial charge in [-0.1, -0.05) is 0 Å². The highest BCUT2D eigenvalue weighted by molar-refractivity contribution is 9.10. The number of nitrogen functional groups attached to an aromatic ring is 1. The van der Waals surface area contributed by atoms with Crippen molar-refractivity contribution in [1.82, 2.24) is 19.6 Å². The van der Waals surface area contributed by atoms with E-state index in [0.29, 0.717) is 5.65 Å². The maximum atomic E-state index is 5.37. The third-order valence-corrected chi connectivity index (χ3v) is 1.76. The number of aromatic nitrogens is 4. The van der Waals surface area contributed by atoms with Crippen LogP contribution in [0.1, 0.15) is 0 Å². The molecule has 56 valence electrons. The monoisotopic (exact) mass is 213 g/mol. The molecule has 0 saturated heterocycles. The van der Waals surface area contributed by atoms with Crippen molar-refractivity contribution in [1.29, 1.82) is 0 Å². The Hall–Kier alpha value is -1.17. The first-order valence-electron chi connectivity index (χ1n) is 2.89. The second-order valence-electron chi connectivity index (χ2n) is 1.97. The third kappa shape index (κ3) is 0.949. The Morgan fingerprint density at radius 1 is 1.45 bits per heavy atom. The van der Waals surface area contributed by atoms with Gasteiger partial charge in [-0.3, -0.25) is 4.98 Å². The van der Waals surface area contributed by atoms with E-state index in [4.69, 9.17) is 5.73 Å². The largest absolute Gasteiger partial charge is 0.366 e. The zero-order chi connectivity index (χ0) is 7.84. The van der Waals surface area contributed by atoms with Crippen molar-refractivity contribution in [3.05, 3.63) is 17.0 Å². The lowest BCUT2D eigenvalue weighted by Crippen LogP contribution is -1.91. The van der Waals surface area contributed by atoms with Crippen LogP contribution in [0.5, 0.6) is 0 Å². The van der Waals surface area contributed by atoms with Crippen LogP contribution in [0.4, 0.5) is 5.95 Å². The summed E-state index contributed by atoms with van der Waals surface area (Å²) in [6.45, 7) is 0. The molecule has 2 N–H and O–H groups in total. The van der Waals surface area contributed by atoms with Crippen LogP contribution >= 0.6 is 15.9 Å². The van der Waals surface area contributed by atoms with E-state index >= 15 is 0 Å². The van der Waals surface area contributed by atoms with Crippen molar-refractivity contribution in [3.63, 3.8) is 0 Å². The Balaban J connectivity index is 2.90. The molecule has 2 aromatic heterocycles. The molecular formula is C5H4BrN5. The molecule has 0 aliphatic rings. The lowest BCUT2D eigenvalue weighted by atomic mass is 10.7. The van der Waals surface area contributed by atoms with Crippen LogP contribution in [0.2, 0.25) is 0 Å². The van der Waals surface area contributed by atoms with Crippen LogP contribution in [0.3, 0.4) is 0 Å². The lowest BCUT2D eigenvalue weighted by molar-refractivity contribution is 0.924. The predicted molar refractivity (Wildman–Crippen MR) is 42.9 cm³/mol. The summed E-state index contributed by atoms with van der Waals surface area (Å²) >= 11 is 3.25. The fraction of sp³-hybridized carbons (Fsp3) is 0. The van der Waals surface area contributed by atoms with E-state index in [9.17, 15) is 0 Å². The van der Waals surface area contributed by atoms with Crippen LogP contribution in [0.25, 0.3) is 5.65 Å². The first kappa shape index (κ1) is 6.53. The van der Waals surface area contributed by atoms with Gasteiger partial charge in [0.1, 0.15) is 4.60 Å². The molecule has 2 rings (SSSR count). The Bertz CT molecular complexity index is 395. The molecule has 0 atom stereocenters. The van der Waals surface area contributed by atoms with Gasteiger partial charge in [-0.15, -0.1) is 5.10 Å². The topological polar surface area (TPSA) is 69.1 Å². The van der Waals surface area contributed by atoms with Crippen molar-refractivity contribution in [2.75, 3.05) is 5.73 Å². The van der Waals surface area contributed by atoms with E-state index in [1.807, 2.05) is 0 Å². The van der Waals surface area contributed by atoms with Gasteiger partial charge >= 0.3 is 0 Å². The van der Waals surface area contributed by atoms with Gasteiger partial charge < -0.3 is 5.73 Å². The standard InChI is InChI=1S/C5H4BrN5/c6-3-1-8-2-4-9-5(7)10-11(3)4/h1-2H,(H2,7,10). The molecule has 11 heavy (non-hydrogen) atoms. The van der Waals surface area contributed by atoms with Crippen LogP contribution in [-0.4, -0.2) is 19.6 Å². The summed E-state index contributed by atoms with van der Waals surface area (Å²) < 4.78 is 2.31. The van der Waals surface area contributed by atoms with Gasteiger partial charge in [-0.25, -0.2) is 4.52 Å². The molecule has 6 heteroatoms. The van der Waals surface area contributed by atoms with Gasteiger partial charge in [0.05, 0.1) is 12.4 Å². The van der Waals surface area contributed by atoms with E-state index in [1.165, 1.54) is 0 Å². The Morgan fingerprint density at radius 3 is 3.00 bits per heavy atom. The van der Waals surface area contributed by atoms with Crippen molar-refractivity contribution in [2.24, 2.45) is 0 Å². The molecule has 0 spiro atoms. The van der Waals surface area contributed by atoms with E-state index in [-0.39, 0.29) is 5.95 Å². The molecule has 0 unspecified atom stereocenters. The second-order valence-corrected chi connectivity index (χ2v) is 2.78. The fourth-order valence-corrected chi connectivity index (χ4v) is 1.18. The average Bonchev–Trinajstić information content (AvgIpc) is 2.31. The van der Waals surface area contributed by atoms with Gasteiger partial charge in [0.15, 0.2) is 5.65 Å². The molecule has 0 aromatic carbocycles. The number of halogens is 1. The number of hydrogen-bond donors (Lipinski definition) is 1. The lowest BCUT2D eigenvalue weighted by Gasteiger charge is -1.90. The van der Waals surface area contributed by atoms with E-state index in [0.717, 1.165) is 4.60 Å². The molecule has 0 amide bonds. The molecule has 0 aliphatic heterocycles. The second kappa shape index (κ2) is 2.16. The van der Waals surface area contributed by atoms with Crippen molar-refractivity contribution in [3.8, 4) is 0 Å². The first-order valence-corrected chi connectivity index (χ1v) is 3.68. The highest BCUT2D eigenvalue weighted by Crippen LogP contribution is 2.09. The van der Waals surface area contributed by atoms with Gasteiger partial charge in [0.25, 0.3) is 0 Å². The molecular weight excluding hydrogens is 210 g/mol. The summed E-state index contributed by atoms with van der Waals surface area (Å²) in [6, 6.07) is 0. The summed E-state index contributed by atoms with van der Waals surface area (Å²) in [6.07, 6.45) is 3.22. The van der Waals surface area contributed by atoms with E-state index in [1.54, 1.807) is 16.9 Å². The van der Waals surface area contributed by atoms with Crippen LogP contribution in [0, 0.1) is 0 Å². The highest BCUT2D eigenvalue weighted by atomic mass is 79.9. The maximum Gasteiger partial charge on any atom is 0.240 e. The summed E-state index contributed by atoms with van der Waals surface area (Å²) in [5, 5.41) is 3.91. The van der Waals surface area contributed by atoms with Gasteiger partial charge in [0, 0.05) is 0 Å². The van der Waals surface area contributed by atoms with Crippen molar-refractivity contribution < 1.29 is 0 Å². The minimum absolute atomic E-state index is 0.249. The smallest absolute Gasteiger partial charge is 0.240 e. The zero-order valence-corrected chi connectivity index (χ0v) is 6.98. The number of fused-ring (bicyclic) bond motifs is 1. The number of anilines is 1. The molecule has 2 aromatic rings. The molecule has 0 saturated carbocycles. The summed E-state index contributed by atoms with van der Waals surface area (Å²) in [5.74, 6) is 0.249. The number of rotatable bonds is 0. The van der Waals surface area contributed by atoms with Crippen LogP contribution < -0.4 is 5.73 Å². The van der Waals surface area contributed by atoms with E-state index in [2.05, 4.69) is 31.0 Å². The summed E-state index contributed by atoms with van der Waals surface area (Å²) in [5.41, 5.74) is 6.00. The van der Waals surface area contributed by atoms with Crippen LogP contribution in [-0.2, 0) is 0 Å². The summed E-state index contributed by atoms with van der Waals surface area (Å²) in [4.78, 5) is 7.81. The molecule has 0 aliphatic carbocycles. The third-order valence-electron chi connectivity index (χ3n) is 1.22. The minimum Gasteiger partial charge on any atom is -0.366 e. The van der Waals surface area contributed by atoms with Crippen molar-refractivity contribution in [2.45, 2.75) is 0 Å².